The van der Waals surface area contributed by atoms with Gasteiger partial charge >= 0.3 is 0 Å². The number of thiazole rings is 1. The number of hydrogen-bond acceptors (Lipinski definition) is 5. The fraction of sp³-hybridized carbons (Fsp3) is 0.111. The molecule has 1 N–H and O–H groups in total. The molecule has 0 radical (unpaired) electrons. The van der Waals surface area contributed by atoms with Crippen LogP contribution in [-0.4, -0.2) is 25.1 Å². The molecule has 0 saturated carbocycles. The monoisotopic (exact) mass is 466 g/mol. The third-order valence-corrected chi connectivity index (χ3v) is 5.31. The number of methoxy groups -OCH3 is 2. The number of anilines is 1. The Morgan fingerprint density at radius 2 is 1.92 bits per heavy atom. The van der Waals surface area contributed by atoms with E-state index in [1.807, 2.05) is 42.5 Å². The summed E-state index contributed by atoms with van der Waals surface area (Å²) in [6.07, 6.45) is 0. The summed E-state index contributed by atoms with van der Waals surface area (Å²) in [6.45, 7) is 0. The molecule has 3 aromatic rings. The second kappa shape index (κ2) is 7.83. The minimum atomic E-state index is -0.242. The molecule has 1 amide bonds. The summed E-state index contributed by atoms with van der Waals surface area (Å²) in [5.41, 5.74) is 1.92. The molecule has 25 heavy (non-hydrogen) atoms. The third kappa shape index (κ3) is 3.77. The second-order valence-corrected chi connectivity index (χ2v) is 7.03. The molecule has 0 aliphatic heterocycles. The van der Waals surface area contributed by atoms with Crippen LogP contribution in [0.5, 0.6) is 11.5 Å². The Morgan fingerprint density at radius 3 is 2.64 bits per heavy atom. The van der Waals surface area contributed by atoms with Crippen molar-refractivity contribution < 1.29 is 14.3 Å². The number of hydrogen-bond donors (Lipinski definition) is 1. The highest BCUT2D eigenvalue weighted by molar-refractivity contribution is 14.1. The Bertz CT molecular complexity index is 911. The normalized spacial score (nSPS) is 10.4. The predicted molar refractivity (Wildman–Crippen MR) is 108 cm³/mol. The van der Waals surface area contributed by atoms with E-state index in [2.05, 4.69) is 32.9 Å². The maximum atomic E-state index is 12.5. The van der Waals surface area contributed by atoms with E-state index in [-0.39, 0.29) is 5.91 Å². The number of nitrogens with zero attached hydrogens (tertiary/aromatic N) is 1. The number of carbonyl (C=O) groups excluding carboxylic acids is 1. The topological polar surface area (TPSA) is 60.5 Å². The van der Waals surface area contributed by atoms with Crippen molar-refractivity contribution in [3.05, 3.63) is 57.1 Å². The molecule has 7 heteroatoms. The molecule has 0 spiro atoms. The zero-order valence-electron chi connectivity index (χ0n) is 13.6. The van der Waals surface area contributed by atoms with Gasteiger partial charge in [-0.05, 0) is 46.9 Å². The maximum absolute atomic E-state index is 12.5. The maximum Gasteiger partial charge on any atom is 0.275 e. The molecule has 0 saturated heterocycles. The lowest BCUT2D eigenvalue weighted by Gasteiger charge is -2.10. The molecule has 128 valence electrons. The highest BCUT2D eigenvalue weighted by Gasteiger charge is 2.17. The van der Waals surface area contributed by atoms with Gasteiger partial charge in [0.25, 0.3) is 5.91 Å². The average molecular weight is 466 g/mol. The second-order valence-electron chi connectivity index (χ2n) is 5.01. The van der Waals surface area contributed by atoms with Crippen LogP contribution in [0.3, 0.4) is 0 Å². The smallest absolute Gasteiger partial charge is 0.275 e. The minimum absolute atomic E-state index is 0.242. The molecule has 0 fully saturated rings. The lowest BCUT2D eigenvalue weighted by molar-refractivity contribution is 0.102. The zero-order valence-corrected chi connectivity index (χ0v) is 16.6. The van der Waals surface area contributed by atoms with Crippen molar-refractivity contribution in [1.29, 1.82) is 0 Å². The average Bonchev–Trinajstić information content (AvgIpc) is 3.13. The van der Waals surface area contributed by atoms with Gasteiger partial charge in [0.15, 0.2) is 11.5 Å². The van der Waals surface area contributed by atoms with E-state index in [1.54, 1.807) is 19.6 Å². The van der Waals surface area contributed by atoms with E-state index in [0.29, 0.717) is 22.2 Å². The summed E-state index contributed by atoms with van der Waals surface area (Å²) in [5, 5.41) is 5.32. The number of para-hydroxylation sites is 2. The molecule has 0 unspecified atom stereocenters. The van der Waals surface area contributed by atoms with Gasteiger partial charge in [0.1, 0.15) is 10.7 Å². The van der Waals surface area contributed by atoms with Crippen LogP contribution in [-0.2, 0) is 0 Å². The molecular formula is C18H15IN2O3S. The largest absolute Gasteiger partial charge is 0.493 e. The first-order valence-corrected chi connectivity index (χ1v) is 9.32. The van der Waals surface area contributed by atoms with Crippen LogP contribution >= 0.6 is 33.9 Å². The van der Waals surface area contributed by atoms with Crippen LogP contribution in [0.15, 0.2) is 47.8 Å². The predicted octanol–water partition coefficient (Wildman–Crippen LogP) is 4.68. The zero-order chi connectivity index (χ0) is 17.8. The lowest BCUT2D eigenvalue weighted by atomic mass is 10.2. The third-order valence-electron chi connectivity index (χ3n) is 3.49. The lowest BCUT2D eigenvalue weighted by Crippen LogP contribution is -2.13. The number of halogens is 1. The highest BCUT2D eigenvalue weighted by atomic mass is 127. The van der Waals surface area contributed by atoms with Gasteiger partial charge in [-0.15, -0.1) is 11.3 Å². The first-order chi connectivity index (χ1) is 12.1. The number of nitrogens with one attached hydrogen (secondary N) is 1. The van der Waals surface area contributed by atoms with Crippen LogP contribution in [0.2, 0.25) is 0 Å². The van der Waals surface area contributed by atoms with Crippen LogP contribution in [0.25, 0.3) is 10.6 Å². The van der Waals surface area contributed by atoms with Crippen molar-refractivity contribution in [3.8, 4) is 22.1 Å². The molecule has 3 rings (SSSR count). The number of aromatic nitrogens is 1. The molecule has 0 aliphatic rings. The number of amides is 1. The molecule has 5 nitrogen and oxygen atoms in total. The van der Waals surface area contributed by atoms with Gasteiger partial charge in [0, 0.05) is 8.95 Å². The van der Waals surface area contributed by atoms with E-state index < -0.39 is 0 Å². The van der Waals surface area contributed by atoms with Gasteiger partial charge in [0.2, 0.25) is 0 Å². The van der Waals surface area contributed by atoms with Crippen molar-refractivity contribution in [3.63, 3.8) is 0 Å². The Morgan fingerprint density at radius 1 is 1.12 bits per heavy atom. The van der Waals surface area contributed by atoms with Crippen molar-refractivity contribution in [1.82, 2.24) is 4.98 Å². The fourth-order valence-corrected chi connectivity index (χ4v) is 3.65. The first kappa shape index (κ1) is 17.7. The van der Waals surface area contributed by atoms with Gasteiger partial charge in [-0.3, -0.25) is 4.79 Å². The van der Waals surface area contributed by atoms with E-state index in [9.17, 15) is 4.79 Å². The number of benzene rings is 2. The van der Waals surface area contributed by atoms with Crippen LogP contribution in [0.1, 0.15) is 10.5 Å². The molecule has 1 heterocycles. The molecule has 0 aliphatic carbocycles. The standard InChI is InChI=1S/C18H15IN2O3S/c1-23-15-9-5-6-11(16(15)24-2)18-21-14(10-25-18)17(22)20-13-8-4-3-7-12(13)19/h3-10H,1-2H3,(H,20,22). The summed E-state index contributed by atoms with van der Waals surface area (Å²) in [7, 11) is 3.17. The van der Waals surface area contributed by atoms with Crippen molar-refractivity contribution >= 4 is 45.5 Å². The van der Waals surface area contributed by atoms with Gasteiger partial charge in [0.05, 0.1) is 25.5 Å². The minimum Gasteiger partial charge on any atom is -0.493 e. The molecule has 0 atom stereocenters. The Balaban J connectivity index is 1.88. The number of ether oxygens (including phenoxy) is 2. The van der Waals surface area contributed by atoms with Crippen LogP contribution in [0, 0.1) is 3.57 Å². The molecule has 0 bridgehead atoms. The van der Waals surface area contributed by atoms with Crippen molar-refractivity contribution in [2.45, 2.75) is 0 Å². The van der Waals surface area contributed by atoms with Crippen LogP contribution < -0.4 is 14.8 Å². The van der Waals surface area contributed by atoms with E-state index in [4.69, 9.17) is 9.47 Å². The Kier molecular flexibility index (Phi) is 5.54. The molecule has 1 aromatic heterocycles. The van der Waals surface area contributed by atoms with E-state index in [1.165, 1.54) is 11.3 Å². The number of carbonyl (C=O) groups is 1. The molecular weight excluding hydrogens is 451 g/mol. The van der Waals surface area contributed by atoms with Crippen molar-refractivity contribution in [2.24, 2.45) is 0 Å². The van der Waals surface area contributed by atoms with E-state index >= 15 is 0 Å². The quantitative estimate of drug-likeness (QED) is 0.555. The summed E-state index contributed by atoms with van der Waals surface area (Å²) < 4.78 is 11.7. The van der Waals surface area contributed by atoms with Crippen molar-refractivity contribution in [2.75, 3.05) is 19.5 Å². The summed E-state index contributed by atoms with van der Waals surface area (Å²) in [4.78, 5) is 16.9. The molecule has 2 aromatic carbocycles. The van der Waals surface area contributed by atoms with Gasteiger partial charge < -0.3 is 14.8 Å². The first-order valence-electron chi connectivity index (χ1n) is 7.36. The van der Waals surface area contributed by atoms with Gasteiger partial charge in [-0.2, -0.15) is 0 Å². The summed E-state index contributed by atoms with van der Waals surface area (Å²) >= 11 is 3.57. The summed E-state index contributed by atoms with van der Waals surface area (Å²) in [6, 6.07) is 13.2. The summed E-state index contributed by atoms with van der Waals surface area (Å²) in [5.74, 6) is 0.984. The SMILES string of the molecule is COc1cccc(-c2nc(C(=O)Nc3ccccc3I)cs2)c1OC. The van der Waals surface area contributed by atoms with E-state index in [0.717, 1.165) is 14.8 Å². The fourth-order valence-electron chi connectivity index (χ4n) is 2.31. The van der Waals surface area contributed by atoms with Gasteiger partial charge in [-0.25, -0.2) is 4.98 Å². The Labute approximate surface area is 163 Å². The highest BCUT2D eigenvalue weighted by Crippen LogP contribution is 2.39. The van der Waals surface area contributed by atoms with Crippen LogP contribution in [0.4, 0.5) is 5.69 Å². The van der Waals surface area contributed by atoms with Gasteiger partial charge in [-0.1, -0.05) is 18.2 Å². The number of rotatable bonds is 5. The Hall–Kier alpha value is -2.13.